The van der Waals surface area contributed by atoms with Crippen LogP contribution in [0.25, 0.3) is 0 Å². The Hall–Kier alpha value is -2.99. The smallest absolute Gasteiger partial charge is 0.270 e. The molecule has 0 aliphatic carbocycles. The number of carbonyl (C=O) groups excluding carboxylic acids is 1. The zero-order valence-electron chi connectivity index (χ0n) is 13.0. The van der Waals surface area contributed by atoms with Gasteiger partial charge in [-0.05, 0) is 35.9 Å². The van der Waals surface area contributed by atoms with E-state index in [0.29, 0.717) is 10.8 Å². The van der Waals surface area contributed by atoms with E-state index in [2.05, 4.69) is 20.6 Å². The molecule has 0 radical (unpaired) electrons. The van der Waals surface area contributed by atoms with E-state index in [1.54, 1.807) is 30.3 Å². The highest BCUT2D eigenvalue weighted by molar-refractivity contribution is 6.30. The number of benzene rings is 2. The zero-order chi connectivity index (χ0) is 17.6. The largest absolute Gasteiger partial charge is 0.347 e. The van der Waals surface area contributed by atoms with Gasteiger partial charge in [-0.2, -0.15) is 0 Å². The molecule has 25 heavy (non-hydrogen) atoms. The second-order valence-corrected chi connectivity index (χ2v) is 5.67. The summed E-state index contributed by atoms with van der Waals surface area (Å²) in [4.78, 5) is 20.3. The van der Waals surface area contributed by atoms with Gasteiger partial charge in [0.25, 0.3) is 5.91 Å². The van der Waals surface area contributed by atoms with Crippen molar-refractivity contribution in [3.8, 4) is 0 Å². The van der Waals surface area contributed by atoms with Crippen LogP contribution in [-0.4, -0.2) is 15.9 Å². The summed E-state index contributed by atoms with van der Waals surface area (Å²) in [5.74, 6) is -0.187. The SMILES string of the molecule is O=C(NCc1ccc(F)cc1)c1cc(Nc2cccc(Cl)c2)ncn1. The Bertz CT molecular complexity index is 886. The minimum Gasteiger partial charge on any atom is -0.347 e. The van der Waals surface area contributed by atoms with Crippen molar-refractivity contribution in [1.82, 2.24) is 15.3 Å². The number of nitrogens with one attached hydrogen (secondary N) is 2. The molecule has 0 atom stereocenters. The fourth-order valence-electron chi connectivity index (χ4n) is 2.14. The number of carbonyl (C=O) groups is 1. The molecule has 5 nitrogen and oxygen atoms in total. The average Bonchev–Trinajstić information content (AvgIpc) is 2.61. The van der Waals surface area contributed by atoms with Crippen LogP contribution in [0.4, 0.5) is 15.9 Å². The lowest BCUT2D eigenvalue weighted by molar-refractivity contribution is 0.0946. The van der Waals surface area contributed by atoms with E-state index in [1.165, 1.54) is 18.5 Å². The molecule has 0 unspecified atom stereocenters. The van der Waals surface area contributed by atoms with E-state index in [0.717, 1.165) is 11.3 Å². The van der Waals surface area contributed by atoms with Crippen molar-refractivity contribution in [1.29, 1.82) is 0 Å². The van der Waals surface area contributed by atoms with Crippen LogP contribution in [0.1, 0.15) is 16.1 Å². The predicted molar refractivity (Wildman–Crippen MR) is 94.3 cm³/mol. The number of nitrogens with zero attached hydrogens (tertiary/aromatic N) is 2. The van der Waals surface area contributed by atoms with Crippen molar-refractivity contribution in [3.63, 3.8) is 0 Å². The van der Waals surface area contributed by atoms with Crippen LogP contribution in [0.2, 0.25) is 5.02 Å². The van der Waals surface area contributed by atoms with Gasteiger partial charge in [0.05, 0.1) is 0 Å². The second-order valence-electron chi connectivity index (χ2n) is 5.23. The molecule has 0 spiro atoms. The van der Waals surface area contributed by atoms with Crippen LogP contribution in [0.15, 0.2) is 60.9 Å². The Morgan fingerprint density at radius 1 is 1.08 bits per heavy atom. The molecule has 3 rings (SSSR count). The van der Waals surface area contributed by atoms with E-state index < -0.39 is 0 Å². The average molecular weight is 357 g/mol. The number of aromatic nitrogens is 2. The molecule has 1 heterocycles. The Balaban J connectivity index is 1.65. The summed E-state index contributed by atoms with van der Waals surface area (Å²) in [5, 5.41) is 6.39. The second kappa shape index (κ2) is 7.72. The summed E-state index contributed by atoms with van der Waals surface area (Å²) < 4.78 is 12.9. The van der Waals surface area contributed by atoms with Gasteiger partial charge >= 0.3 is 0 Å². The first kappa shape index (κ1) is 16.9. The number of rotatable bonds is 5. The first-order valence-corrected chi connectivity index (χ1v) is 7.85. The van der Waals surface area contributed by atoms with Crippen LogP contribution in [0.5, 0.6) is 0 Å². The predicted octanol–water partition coefficient (Wildman–Crippen LogP) is 3.94. The summed E-state index contributed by atoms with van der Waals surface area (Å²) in [6.07, 6.45) is 1.31. The molecule has 0 saturated heterocycles. The van der Waals surface area contributed by atoms with Gasteiger partial charge in [0.1, 0.15) is 23.7 Å². The molecule has 2 aromatic carbocycles. The molecular formula is C18H14ClFN4O. The Morgan fingerprint density at radius 3 is 2.64 bits per heavy atom. The summed E-state index contributed by atoms with van der Waals surface area (Å²) in [6.45, 7) is 0.278. The van der Waals surface area contributed by atoms with Gasteiger partial charge in [-0.3, -0.25) is 4.79 Å². The van der Waals surface area contributed by atoms with Crippen molar-refractivity contribution >= 4 is 29.0 Å². The molecule has 0 saturated carbocycles. The van der Waals surface area contributed by atoms with Crippen molar-refractivity contribution < 1.29 is 9.18 Å². The Labute approximate surface area is 148 Å². The molecule has 0 aliphatic heterocycles. The van der Waals surface area contributed by atoms with Crippen molar-refractivity contribution in [2.45, 2.75) is 6.54 Å². The lowest BCUT2D eigenvalue weighted by Crippen LogP contribution is -2.24. The first-order chi connectivity index (χ1) is 12.1. The molecule has 7 heteroatoms. The standard InChI is InChI=1S/C18H14ClFN4O/c19-13-2-1-3-15(8-13)24-17-9-16(22-11-23-17)18(25)21-10-12-4-6-14(20)7-5-12/h1-9,11H,10H2,(H,21,25)(H,22,23,24). The highest BCUT2D eigenvalue weighted by Crippen LogP contribution is 2.18. The molecule has 1 amide bonds. The number of hydrogen-bond acceptors (Lipinski definition) is 4. The molecule has 0 bridgehead atoms. The normalized spacial score (nSPS) is 10.3. The highest BCUT2D eigenvalue weighted by atomic mass is 35.5. The van der Waals surface area contributed by atoms with Gasteiger partial charge in [-0.1, -0.05) is 29.8 Å². The van der Waals surface area contributed by atoms with E-state index >= 15 is 0 Å². The van der Waals surface area contributed by atoms with Gasteiger partial charge in [0.15, 0.2) is 0 Å². The van der Waals surface area contributed by atoms with Crippen LogP contribution in [0, 0.1) is 5.82 Å². The lowest BCUT2D eigenvalue weighted by atomic mass is 10.2. The molecule has 126 valence electrons. The van der Waals surface area contributed by atoms with Gasteiger partial charge in [-0.15, -0.1) is 0 Å². The third-order valence-corrected chi connectivity index (χ3v) is 3.60. The third kappa shape index (κ3) is 4.74. The minimum atomic E-state index is -0.346. The third-order valence-electron chi connectivity index (χ3n) is 3.36. The zero-order valence-corrected chi connectivity index (χ0v) is 13.8. The van der Waals surface area contributed by atoms with Crippen LogP contribution in [0.3, 0.4) is 0 Å². The molecule has 2 N–H and O–H groups in total. The minimum absolute atomic E-state index is 0.224. The highest BCUT2D eigenvalue weighted by Gasteiger charge is 2.09. The van der Waals surface area contributed by atoms with Gasteiger partial charge in [-0.25, -0.2) is 14.4 Å². The van der Waals surface area contributed by atoms with E-state index in [-0.39, 0.29) is 24.0 Å². The van der Waals surface area contributed by atoms with Crippen molar-refractivity contribution in [2.75, 3.05) is 5.32 Å². The van der Waals surface area contributed by atoms with Crippen LogP contribution in [-0.2, 0) is 6.54 Å². The first-order valence-electron chi connectivity index (χ1n) is 7.47. The van der Waals surface area contributed by atoms with E-state index in [9.17, 15) is 9.18 Å². The topological polar surface area (TPSA) is 66.9 Å². The van der Waals surface area contributed by atoms with E-state index in [4.69, 9.17) is 11.6 Å². The number of halogens is 2. The number of hydrogen-bond donors (Lipinski definition) is 2. The molecule has 0 aliphatic rings. The Kier molecular flexibility index (Phi) is 5.20. The maximum absolute atomic E-state index is 12.9. The van der Waals surface area contributed by atoms with Crippen molar-refractivity contribution in [2.24, 2.45) is 0 Å². The molecule has 3 aromatic rings. The Morgan fingerprint density at radius 2 is 1.88 bits per heavy atom. The van der Waals surface area contributed by atoms with Crippen molar-refractivity contribution in [3.05, 3.63) is 83.0 Å². The lowest BCUT2D eigenvalue weighted by Gasteiger charge is -2.08. The monoisotopic (exact) mass is 356 g/mol. The summed E-state index contributed by atoms with van der Waals surface area (Å²) in [5.41, 5.74) is 1.77. The van der Waals surface area contributed by atoms with E-state index in [1.807, 2.05) is 12.1 Å². The van der Waals surface area contributed by atoms with Gasteiger partial charge in [0.2, 0.25) is 0 Å². The summed E-state index contributed by atoms with van der Waals surface area (Å²) >= 11 is 5.94. The van der Waals surface area contributed by atoms with Gasteiger partial charge < -0.3 is 10.6 Å². The molecule has 0 fully saturated rings. The molecular weight excluding hydrogens is 343 g/mol. The maximum Gasteiger partial charge on any atom is 0.270 e. The van der Waals surface area contributed by atoms with Crippen LogP contribution >= 0.6 is 11.6 Å². The quantitative estimate of drug-likeness (QED) is 0.726. The number of anilines is 2. The summed E-state index contributed by atoms with van der Waals surface area (Å²) in [6, 6.07) is 14.6. The summed E-state index contributed by atoms with van der Waals surface area (Å²) in [7, 11) is 0. The van der Waals surface area contributed by atoms with Crippen LogP contribution < -0.4 is 10.6 Å². The van der Waals surface area contributed by atoms with Gasteiger partial charge in [0, 0.05) is 23.3 Å². The fourth-order valence-corrected chi connectivity index (χ4v) is 2.33. The fraction of sp³-hybridized carbons (Fsp3) is 0.0556. The molecule has 1 aromatic heterocycles. The maximum atomic E-state index is 12.9. The number of amides is 1.